The highest BCUT2D eigenvalue weighted by molar-refractivity contribution is 6.00. The number of furan rings is 1. The maximum atomic E-state index is 12.2. The first-order valence-electron chi connectivity index (χ1n) is 6.99. The monoisotopic (exact) mass is 305 g/mol. The van der Waals surface area contributed by atoms with Crippen molar-refractivity contribution in [1.29, 1.82) is 0 Å². The van der Waals surface area contributed by atoms with E-state index in [-0.39, 0.29) is 31.4 Å². The maximum absolute atomic E-state index is 12.2. The van der Waals surface area contributed by atoms with E-state index in [4.69, 9.17) is 14.3 Å². The van der Waals surface area contributed by atoms with Crippen molar-refractivity contribution in [2.75, 3.05) is 19.8 Å². The molecule has 0 aliphatic heterocycles. The van der Waals surface area contributed by atoms with E-state index >= 15 is 0 Å². The largest absolute Gasteiger partial charge is 0.480 e. The molecule has 0 aliphatic rings. The Labute approximate surface area is 128 Å². The van der Waals surface area contributed by atoms with Crippen molar-refractivity contribution in [2.45, 2.75) is 20.8 Å². The van der Waals surface area contributed by atoms with Crippen molar-refractivity contribution in [1.82, 2.24) is 5.32 Å². The van der Waals surface area contributed by atoms with E-state index in [0.29, 0.717) is 0 Å². The number of carbonyl (C=O) groups is 2. The van der Waals surface area contributed by atoms with Gasteiger partial charge in [-0.2, -0.15) is 0 Å². The summed E-state index contributed by atoms with van der Waals surface area (Å²) in [5, 5.41) is 12.1. The van der Waals surface area contributed by atoms with Gasteiger partial charge >= 0.3 is 5.97 Å². The summed E-state index contributed by atoms with van der Waals surface area (Å²) in [6, 6.07) is 3.96. The van der Waals surface area contributed by atoms with E-state index in [1.807, 2.05) is 32.9 Å². The lowest BCUT2D eigenvalue weighted by Gasteiger charge is -2.04. The molecule has 0 atom stereocenters. The molecule has 0 aliphatic carbocycles. The zero-order valence-corrected chi connectivity index (χ0v) is 12.9. The molecule has 2 aromatic rings. The Kier molecular flexibility index (Phi) is 4.82. The van der Waals surface area contributed by atoms with Gasteiger partial charge in [0.25, 0.3) is 5.91 Å². The molecule has 0 radical (unpaired) electrons. The van der Waals surface area contributed by atoms with Crippen LogP contribution in [0, 0.1) is 20.8 Å². The lowest BCUT2D eigenvalue weighted by Crippen LogP contribution is -2.28. The number of benzene rings is 1. The van der Waals surface area contributed by atoms with Gasteiger partial charge in [-0.3, -0.25) is 4.79 Å². The van der Waals surface area contributed by atoms with Gasteiger partial charge in [-0.1, -0.05) is 12.1 Å². The Morgan fingerprint density at radius 3 is 2.55 bits per heavy atom. The Morgan fingerprint density at radius 2 is 1.91 bits per heavy atom. The number of carboxylic acid groups (broad SMARTS) is 1. The first-order valence-corrected chi connectivity index (χ1v) is 6.99. The minimum Gasteiger partial charge on any atom is -0.480 e. The van der Waals surface area contributed by atoms with Crippen LogP contribution in [-0.2, 0) is 9.53 Å². The number of rotatable bonds is 6. The molecule has 0 bridgehead atoms. The van der Waals surface area contributed by atoms with Crippen molar-refractivity contribution in [3.63, 3.8) is 0 Å². The molecule has 0 fully saturated rings. The number of nitrogens with one attached hydrogen (secondary N) is 1. The Bertz CT molecular complexity index is 717. The fraction of sp³-hybridized carbons (Fsp3) is 0.375. The van der Waals surface area contributed by atoms with Gasteiger partial charge in [-0.05, 0) is 31.9 Å². The van der Waals surface area contributed by atoms with Crippen molar-refractivity contribution in [2.24, 2.45) is 0 Å². The van der Waals surface area contributed by atoms with Crippen molar-refractivity contribution >= 4 is 22.8 Å². The molecule has 2 N–H and O–H groups in total. The average Bonchev–Trinajstić information content (AvgIpc) is 2.81. The van der Waals surface area contributed by atoms with Gasteiger partial charge in [-0.25, -0.2) is 4.79 Å². The summed E-state index contributed by atoms with van der Waals surface area (Å²) in [4.78, 5) is 22.5. The van der Waals surface area contributed by atoms with E-state index < -0.39 is 5.97 Å². The summed E-state index contributed by atoms with van der Waals surface area (Å²) in [5.74, 6) is -1.08. The first-order chi connectivity index (χ1) is 10.4. The number of ether oxygens (including phenoxy) is 1. The Balaban J connectivity index is 2.09. The van der Waals surface area contributed by atoms with Gasteiger partial charge in [-0.15, -0.1) is 0 Å². The predicted octanol–water partition coefficient (Wildman–Crippen LogP) is 2.19. The highest BCUT2D eigenvalue weighted by Crippen LogP contribution is 2.30. The van der Waals surface area contributed by atoms with Crippen LogP contribution in [0.3, 0.4) is 0 Å². The van der Waals surface area contributed by atoms with Crippen molar-refractivity contribution in [3.05, 3.63) is 34.6 Å². The molecular formula is C16H19NO5. The number of hydrogen-bond acceptors (Lipinski definition) is 4. The number of aliphatic carboxylic acids is 1. The van der Waals surface area contributed by atoms with Crippen LogP contribution in [0.2, 0.25) is 0 Å². The molecule has 0 saturated carbocycles. The molecular weight excluding hydrogens is 286 g/mol. The zero-order valence-electron chi connectivity index (χ0n) is 12.9. The minimum absolute atomic E-state index is 0.134. The number of fused-ring (bicyclic) bond motifs is 1. The first kappa shape index (κ1) is 16.0. The van der Waals surface area contributed by atoms with Crippen LogP contribution in [0.4, 0.5) is 0 Å². The van der Waals surface area contributed by atoms with Gasteiger partial charge in [0.1, 0.15) is 12.2 Å². The van der Waals surface area contributed by atoms with Gasteiger partial charge < -0.3 is 19.6 Å². The summed E-state index contributed by atoms with van der Waals surface area (Å²) in [6.45, 7) is 5.75. The summed E-state index contributed by atoms with van der Waals surface area (Å²) in [6.07, 6.45) is 0. The number of aryl methyl sites for hydroxylation is 3. The zero-order chi connectivity index (χ0) is 16.3. The molecule has 0 unspecified atom stereocenters. The van der Waals surface area contributed by atoms with Gasteiger partial charge in [0.2, 0.25) is 0 Å². The summed E-state index contributed by atoms with van der Waals surface area (Å²) in [7, 11) is 0. The second kappa shape index (κ2) is 6.62. The summed E-state index contributed by atoms with van der Waals surface area (Å²) < 4.78 is 10.6. The molecule has 22 heavy (non-hydrogen) atoms. The molecule has 1 amide bonds. The SMILES string of the molecule is Cc1ccc(C)c2c(C)c(C(=O)NCCOCC(=O)O)oc12. The third-order valence-corrected chi connectivity index (χ3v) is 3.45. The van der Waals surface area contributed by atoms with Crippen LogP contribution in [-0.4, -0.2) is 36.7 Å². The van der Waals surface area contributed by atoms with Crippen LogP contribution in [0.25, 0.3) is 11.0 Å². The van der Waals surface area contributed by atoms with Gasteiger partial charge in [0, 0.05) is 17.5 Å². The van der Waals surface area contributed by atoms with Crippen LogP contribution in [0.15, 0.2) is 16.5 Å². The Hall–Kier alpha value is -2.34. The van der Waals surface area contributed by atoms with Gasteiger partial charge in [0.15, 0.2) is 5.76 Å². The van der Waals surface area contributed by atoms with E-state index in [9.17, 15) is 9.59 Å². The fourth-order valence-corrected chi connectivity index (χ4v) is 2.37. The summed E-state index contributed by atoms with van der Waals surface area (Å²) in [5.41, 5.74) is 3.57. The lowest BCUT2D eigenvalue weighted by atomic mass is 10.0. The third-order valence-electron chi connectivity index (χ3n) is 3.45. The number of amides is 1. The second-order valence-electron chi connectivity index (χ2n) is 5.16. The summed E-state index contributed by atoms with van der Waals surface area (Å²) >= 11 is 0. The average molecular weight is 305 g/mol. The van der Waals surface area contributed by atoms with Crippen molar-refractivity contribution < 1.29 is 23.8 Å². The smallest absolute Gasteiger partial charge is 0.329 e. The molecule has 1 aromatic heterocycles. The van der Waals surface area contributed by atoms with Crippen LogP contribution in [0.5, 0.6) is 0 Å². The molecule has 1 heterocycles. The van der Waals surface area contributed by atoms with E-state index in [2.05, 4.69) is 5.32 Å². The highest BCUT2D eigenvalue weighted by atomic mass is 16.5. The van der Waals surface area contributed by atoms with E-state index in [0.717, 1.165) is 27.7 Å². The second-order valence-corrected chi connectivity index (χ2v) is 5.16. The topological polar surface area (TPSA) is 88.8 Å². The van der Waals surface area contributed by atoms with Crippen LogP contribution in [0.1, 0.15) is 27.2 Å². The lowest BCUT2D eigenvalue weighted by molar-refractivity contribution is -0.142. The number of carboxylic acids is 1. The predicted molar refractivity (Wildman–Crippen MR) is 81.2 cm³/mol. The maximum Gasteiger partial charge on any atom is 0.329 e. The molecule has 2 rings (SSSR count). The quantitative estimate of drug-likeness (QED) is 0.799. The molecule has 1 aromatic carbocycles. The number of hydrogen-bond donors (Lipinski definition) is 2. The standard InChI is InChI=1S/C16H19NO5/c1-9-4-5-10(2)14-13(9)11(3)15(22-14)16(20)17-6-7-21-8-12(18)19/h4-5H,6-8H2,1-3H3,(H,17,20)(H,18,19). The molecule has 0 saturated heterocycles. The van der Waals surface area contributed by atoms with Gasteiger partial charge in [0.05, 0.1) is 6.61 Å². The molecule has 6 heteroatoms. The van der Waals surface area contributed by atoms with Crippen LogP contribution < -0.4 is 5.32 Å². The van der Waals surface area contributed by atoms with E-state index in [1.165, 1.54) is 0 Å². The number of carbonyl (C=O) groups excluding carboxylic acids is 1. The normalized spacial score (nSPS) is 10.9. The molecule has 6 nitrogen and oxygen atoms in total. The molecule has 0 spiro atoms. The minimum atomic E-state index is -1.04. The fourth-order valence-electron chi connectivity index (χ4n) is 2.37. The van der Waals surface area contributed by atoms with E-state index in [1.54, 1.807) is 0 Å². The highest BCUT2D eigenvalue weighted by Gasteiger charge is 2.19. The third kappa shape index (κ3) is 3.28. The molecule has 118 valence electrons. The Morgan fingerprint density at radius 1 is 1.23 bits per heavy atom. The van der Waals surface area contributed by atoms with Crippen LogP contribution >= 0.6 is 0 Å². The van der Waals surface area contributed by atoms with Crippen molar-refractivity contribution in [3.8, 4) is 0 Å².